The first-order valence-electron chi connectivity index (χ1n) is 8.56. The quantitative estimate of drug-likeness (QED) is 0.655. The maximum Gasteiger partial charge on any atom is 0.220 e. The van der Waals surface area contributed by atoms with Crippen molar-refractivity contribution in [2.75, 3.05) is 6.54 Å². The van der Waals surface area contributed by atoms with Crippen LogP contribution >= 0.6 is 0 Å². The minimum Gasteiger partial charge on any atom is -0.461 e. The summed E-state index contributed by atoms with van der Waals surface area (Å²) in [5, 5.41) is 2.70. The largest absolute Gasteiger partial charge is 0.461 e. The molecule has 2 aromatic carbocycles. The number of furan rings is 1. The lowest BCUT2D eigenvalue weighted by atomic mass is 10.1. The van der Waals surface area contributed by atoms with Gasteiger partial charge in [-0.25, -0.2) is 13.2 Å². The molecule has 0 saturated carbocycles. The molecule has 0 atom stereocenters. The van der Waals surface area contributed by atoms with Gasteiger partial charge in [0.2, 0.25) is 5.91 Å². The normalized spacial score (nSPS) is 10.8. The Balaban J connectivity index is 1.46. The second kappa shape index (κ2) is 8.58. The fraction of sp³-hybridized carbons (Fsp3) is 0.190. The van der Waals surface area contributed by atoms with E-state index in [1.54, 1.807) is 30.3 Å². The number of aryl methyl sites for hydroxylation is 1. The Kier molecular flexibility index (Phi) is 5.96. The third-order valence-corrected chi connectivity index (χ3v) is 4.06. The Labute approximate surface area is 154 Å². The van der Waals surface area contributed by atoms with Crippen molar-refractivity contribution in [3.8, 4) is 11.3 Å². The molecule has 0 unspecified atom stereocenters. The van der Waals surface area contributed by atoms with E-state index in [4.69, 9.17) is 4.42 Å². The summed E-state index contributed by atoms with van der Waals surface area (Å²) in [4.78, 5) is 11.9. The standard InChI is InChI=1S/C21H18F3NO2/c22-15-11-14(12-16(23)13-15)9-10-25-21(26)8-6-17-5-7-20(27-17)18-3-1-2-4-19(18)24/h1-5,7,11-13H,6,8-10H2,(H,25,26). The van der Waals surface area contributed by atoms with Gasteiger partial charge in [0.05, 0.1) is 5.56 Å². The summed E-state index contributed by atoms with van der Waals surface area (Å²) in [7, 11) is 0. The lowest BCUT2D eigenvalue weighted by Gasteiger charge is -2.05. The van der Waals surface area contributed by atoms with Crippen LogP contribution in [0, 0.1) is 17.5 Å². The summed E-state index contributed by atoms with van der Waals surface area (Å²) < 4.78 is 45.6. The van der Waals surface area contributed by atoms with Gasteiger partial charge in [0.25, 0.3) is 0 Å². The second-order valence-electron chi connectivity index (χ2n) is 6.12. The number of amides is 1. The van der Waals surface area contributed by atoms with Gasteiger partial charge < -0.3 is 9.73 Å². The highest BCUT2D eigenvalue weighted by Gasteiger charge is 2.10. The van der Waals surface area contributed by atoms with Crippen LogP contribution in [-0.2, 0) is 17.6 Å². The van der Waals surface area contributed by atoms with Crippen molar-refractivity contribution in [2.24, 2.45) is 0 Å². The van der Waals surface area contributed by atoms with Gasteiger partial charge in [-0.05, 0) is 48.4 Å². The van der Waals surface area contributed by atoms with Crippen LogP contribution in [0.25, 0.3) is 11.3 Å². The Hall–Kier alpha value is -3.02. The van der Waals surface area contributed by atoms with Crippen LogP contribution in [0.5, 0.6) is 0 Å². The zero-order valence-corrected chi connectivity index (χ0v) is 14.5. The van der Waals surface area contributed by atoms with Crippen molar-refractivity contribution in [1.29, 1.82) is 0 Å². The highest BCUT2D eigenvalue weighted by molar-refractivity contribution is 5.76. The molecular weight excluding hydrogens is 355 g/mol. The van der Waals surface area contributed by atoms with Crippen LogP contribution in [-0.4, -0.2) is 12.5 Å². The van der Waals surface area contributed by atoms with E-state index in [0.717, 1.165) is 6.07 Å². The van der Waals surface area contributed by atoms with Crippen molar-refractivity contribution in [3.05, 3.63) is 83.4 Å². The monoisotopic (exact) mass is 373 g/mol. The summed E-state index contributed by atoms with van der Waals surface area (Å²) in [5.74, 6) is -0.854. The van der Waals surface area contributed by atoms with E-state index in [1.807, 2.05) is 0 Å². The number of rotatable bonds is 7. The smallest absolute Gasteiger partial charge is 0.220 e. The van der Waals surface area contributed by atoms with E-state index in [-0.39, 0.29) is 24.7 Å². The van der Waals surface area contributed by atoms with Gasteiger partial charge in [-0.15, -0.1) is 0 Å². The number of halogens is 3. The van der Waals surface area contributed by atoms with E-state index in [9.17, 15) is 18.0 Å². The maximum atomic E-state index is 13.8. The van der Waals surface area contributed by atoms with Gasteiger partial charge >= 0.3 is 0 Å². The molecule has 0 aliphatic heterocycles. The molecule has 3 nitrogen and oxygen atoms in total. The topological polar surface area (TPSA) is 42.2 Å². The number of benzene rings is 2. The Morgan fingerprint density at radius 3 is 2.41 bits per heavy atom. The van der Waals surface area contributed by atoms with E-state index in [2.05, 4.69) is 5.32 Å². The number of hydrogen-bond donors (Lipinski definition) is 1. The van der Waals surface area contributed by atoms with Crippen molar-refractivity contribution < 1.29 is 22.4 Å². The van der Waals surface area contributed by atoms with Crippen LogP contribution in [0.2, 0.25) is 0 Å². The third-order valence-electron chi connectivity index (χ3n) is 4.06. The van der Waals surface area contributed by atoms with Crippen molar-refractivity contribution in [2.45, 2.75) is 19.3 Å². The number of carbonyl (C=O) groups excluding carboxylic acids is 1. The summed E-state index contributed by atoms with van der Waals surface area (Å²) in [6.07, 6.45) is 0.898. The predicted octanol–water partition coefficient (Wildman–Crippen LogP) is 4.66. The molecule has 1 N–H and O–H groups in total. The summed E-state index contributed by atoms with van der Waals surface area (Å²) in [5.41, 5.74) is 0.851. The van der Waals surface area contributed by atoms with Crippen molar-refractivity contribution in [1.82, 2.24) is 5.32 Å². The highest BCUT2D eigenvalue weighted by atomic mass is 19.1. The summed E-state index contributed by atoms with van der Waals surface area (Å²) in [6.45, 7) is 0.278. The van der Waals surface area contributed by atoms with Gasteiger partial charge in [-0.2, -0.15) is 0 Å². The molecule has 140 valence electrons. The van der Waals surface area contributed by atoms with Gasteiger partial charge in [-0.1, -0.05) is 12.1 Å². The van der Waals surface area contributed by atoms with Crippen LogP contribution in [0.4, 0.5) is 13.2 Å². The average molecular weight is 373 g/mol. The molecule has 0 aliphatic carbocycles. The van der Waals surface area contributed by atoms with E-state index in [1.165, 1.54) is 18.2 Å². The molecule has 0 saturated heterocycles. The fourth-order valence-electron chi connectivity index (χ4n) is 2.74. The maximum absolute atomic E-state index is 13.8. The Morgan fingerprint density at radius 1 is 0.926 bits per heavy atom. The van der Waals surface area contributed by atoms with Crippen LogP contribution < -0.4 is 5.32 Å². The number of carbonyl (C=O) groups is 1. The first-order valence-corrected chi connectivity index (χ1v) is 8.56. The summed E-state index contributed by atoms with van der Waals surface area (Å²) >= 11 is 0. The molecule has 0 aliphatic rings. The van der Waals surface area contributed by atoms with Crippen LogP contribution in [0.1, 0.15) is 17.7 Å². The lowest BCUT2D eigenvalue weighted by Crippen LogP contribution is -2.25. The van der Waals surface area contributed by atoms with Crippen LogP contribution in [0.15, 0.2) is 59.0 Å². The second-order valence-corrected chi connectivity index (χ2v) is 6.12. The molecule has 1 heterocycles. The van der Waals surface area contributed by atoms with Gasteiger partial charge in [0.1, 0.15) is 29.0 Å². The molecule has 1 aromatic heterocycles. The first kappa shape index (κ1) is 18.8. The molecule has 27 heavy (non-hydrogen) atoms. The molecule has 3 aromatic rings. The van der Waals surface area contributed by atoms with E-state index < -0.39 is 11.6 Å². The highest BCUT2D eigenvalue weighted by Crippen LogP contribution is 2.25. The summed E-state index contributed by atoms with van der Waals surface area (Å²) in [6, 6.07) is 13.0. The minimum absolute atomic E-state index is 0.196. The van der Waals surface area contributed by atoms with E-state index in [0.29, 0.717) is 35.5 Å². The minimum atomic E-state index is -0.639. The molecular formula is C21H18F3NO2. The molecule has 3 rings (SSSR count). The third kappa shape index (κ3) is 5.23. The Morgan fingerprint density at radius 2 is 1.67 bits per heavy atom. The average Bonchev–Trinajstić information content (AvgIpc) is 3.08. The van der Waals surface area contributed by atoms with Gasteiger partial charge in [0.15, 0.2) is 0 Å². The molecule has 1 amide bonds. The molecule has 6 heteroatoms. The number of hydrogen-bond acceptors (Lipinski definition) is 2. The number of nitrogens with one attached hydrogen (secondary N) is 1. The van der Waals surface area contributed by atoms with E-state index >= 15 is 0 Å². The molecule has 0 radical (unpaired) electrons. The zero-order valence-electron chi connectivity index (χ0n) is 14.5. The first-order chi connectivity index (χ1) is 13.0. The van der Waals surface area contributed by atoms with Gasteiger partial charge in [0, 0.05) is 25.5 Å². The van der Waals surface area contributed by atoms with Gasteiger partial charge in [-0.3, -0.25) is 4.79 Å². The lowest BCUT2D eigenvalue weighted by molar-refractivity contribution is -0.121. The zero-order chi connectivity index (χ0) is 19.2. The predicted molar refractivity (Wildman–Crippen MR) is 95.5 cm³/mol. The molecule has 0 bridgehead atoms. The molecule has 0 fully saturated rings. The van der Waals surface area contributed by atoms with Crippen molar-refractivity contribution in [3.63, 3.8) is 0 Å². The Bertz CT molecular complexity index is 916. The van der Waals surface area contributed by atoms with Crippen LogP contribution in [0.3, 0.4) is 0 Å². The SMILES string of the molecule is O=C(CCc1ccc(-c2ccccc2F)o1)NCCc1cc(F)cc(F)c1. The fourth-order valence-corrected chi connectivity index (χ4v) is 2.74. The molecule has 0 spiro atoms. The van der Waals surface area contributed by atoms with Crippen molar-refractivity contribution >= 4 is 5.91 Å².